The maximum Gasteiger partial charge on any atom is 0.277 e. The molecule has 0 N–H and O–H groups in total. The lowest BCUT2D eigenvalue weighted by molar-refractivity contribution is 0.355. The van der Waals surface area contributed by atoms with Gasteiger partial charge in [0.05, 0.1) is 14.2 Å². The van der Waals surface area contributed by atoms with Gasteiger partial charge in [-0.3, -0.25) is 0 Å². The van der Waals surface area contributed by atoms with Gasteiger partial charge in [0, 0.05) is 11.3 Å². The Bertz CT molecular complexity index is 877. The molecule has 0 unspecified atom stereocenters. The van der Waals surface area contributed by atoms with Gasteiger partial charge >= 0.3 is 0 Å². The highest BCUT2D eigenvalue weighted by Gasteiger charge is 2.13. The first kappa shape index (κ1) is 17.4. The van der Waals surface area contributed by atoms with Crippen molar-refractivity contribution in [2.75, 3.05) is 14.2 Å². The number of methoxy groups -OCH3 is 2. The topological polar surface area (TPSA) is 57.4 Å². The van der Waals surface area contributed by atoms with E-state index in [0.29, 0.717) is 22.6 Å². The molecule has 0 saturated heterocycles. The van der Waals surface area contributed by atoms with Crippen LogP contribution in [0.25, 0.3) is 11.5 Å². The Hall–Kier alpha value is -2.47. The number of benzene rings is 2. The van der Waals surface area contributed by atoms with Crippen molar-refractivity contribution in [3.63, 3.8) is 0 Å². The van der Waals surface area contributed by atoms with E-state index in [2.05, 4.69) is 42.2 Å². The van der Waals surface area contributed by atoms with E-state index in [1.54, 1.807) is 14.2 Å². The van der Waals surface area contributed by atoms with Crippen molar-refractivity contribution in [3.05, 3.63) is 53.1 Å². The molecule has 3 rings (SSSR count). The second-order valence-corrected chi connectivity index (χ2v) is 6.59. The van der Waals surface area contributed by atoms with Crippen molar-refractivity contribution < 1.29 is 13.9 Å². The molecular formula is C19H20N2O3S. The van der Waals surface area contributed by atoms with Crippen molar-refractivity contribution in [3.8, 4) is 23.0 Å². The number of aryl methyl sites for hydroxylation is 2. The molecule has 5 nitrogen and oxygen atoms in total. The van der Waals surface area contributed by atoms with Crippen LogP contribution in [0, 0.1) is 13.8 Å². The minimum atomic E-state index is 0.462. The van der Waals surface area contributed by atoms with Gasteiger partial charge in [-0.2, -0.15) is 0 Å². The zero-order chi connectivity index (χ0) is 17.8. The highest BCUT2D eigenvalue weighted by molar-refractivity contribution is 7.98. The van der Waals surface area contributed by atoms with E-state index < -0.39 is 0 Å². The van der Waals surface area contributed by atoms with Gasteiger partial charge in [0.2, 0.25) is 5.89 Å². The Kier molecular flexibility index (Phi) is 5.28. The van der Waals surface area contributed by atoms with Crippen LogP contribution in [-0.2, 0) is 5.75 Å². The highest BCUT2D eigenvalue weighted by Crippen LogP contribution is 2.33. The van der Waals surface area contributed by atoms with Gasteiger partial charge in [-0.15, -0.1) is 10.2 Å². The first-order valence-corrected chi connectivity index (χ1v) is 8.84. The van der Waals surface area contributed by atoms with Crippen LogP contribution < -0.4 is 9.47 Å². The summed E-state index contributed by atoms with van der Waals surface area (Å²) in [5.41, 5.74) is 4.58. The molecule has 0 atom stereocenters. The number of rotatable bonds is 6. The van der Waals surface area contributed by atoms with Crippen molar-refractivity contribution in [2.45, 2.75) is 24.8 Å². The molecule has 0 aliphatic carbocycles. The summed E-state index contributed by atoms with van der Waals surface area (Å²) in [5, 5.41) is 8.81. The molecular weight excluding hydrogens is 336 g/mol. The van der Waals surface area contributed by atoms with E-state index in [4.69, 9.17) is 13.9 Å². The monoisotopic (exact) mass is 356 g/mol. The summed E-state index contributed by atoms with van der Waals surface area (Å²) in [6.45, 7) is 4.20. The smallest absolute Gasteiger partial charge is 0.277 e. The van der Waals surface area contributed by atoms with Crippen LogP contribution in [0.15, 0.2) is 46.0 Å². The highest BCUT2D eigenvalue weighted by atomic mass is 32.2. The standard InChI is InChI=1S/C19H20N2O3S/c1-12-5-6-13(2)15(9-12)11-25-19-21-20-18(24-19)14-7-8-16(22-3)17(10-14)23-4/h5-10H,11H2,1-4H3. The lowest BCUT2D eigenvalue weighted by Crippen LogP contribution is -1.90. The third-order valence-corrected chi connectivity index (χ3v) is 4.76. The molecule has 0 radical (unpaired) electrons. The van der Waals surface area contributed by atoms with Crippen LogP contribution in [-0.4, -0.2) is 24.4 Å². The van der Waals surface area contributed by atoms with E-state index in [0.717, 1.165) is 11.3 Å². The zero-order valence-corrected chi connectivity index (χ0v) is 15.5. The second-order valence-electron chi connectivity index (χ2n) is 5.66. The van der Waals surface area contributed by atoms with E-state index in [1.165, 1.54) is 28.5 Å². The van der Waals surface area contributed by atoms with Gasteiger partial charge in [-0.05, 0) is 43.2 Å². The number of thioether (sulfide) groups is 1. The molecule has 6 heteroatoms. The van der Waals surface area contributed by atoms with Crippen molar-refractivity contribution in [1.82, 2.24) is 10.2 Å². The summed E-state index contributed by atoms with van der Waals surface area (Å²) in [6.07, 6.45) is 0. The van der Waals surface area contributed by atoms with E-state index in [1.807, 2.05) is 18.2 Å². The van der Waals surface area contributed by atoms with Crippen molar-refractivity contribution in [1.29, 1.82) is 0 Å². The Morgan fingerprint density at radius 2 is 1.76 bits per heavy atom. The average molecular weight is 356 g/mol. The number of aromatic nitrogens is 2. The third kappa shape index (κ3) is 3.96. The van der Waals surface area contributed by atoms with Gasteiger partial charge in [0.15, 0.2) is 11.5 Å². The third-order valence-electron chi connectivity index (χ3n) is 3.89. The van der Waals surface area contributed by atoms with Crippen LogP contribution in [0.3, 0.4) is 0 Å². The normalized spacial score (nSPS) is 10.7. The van der Waals surface area contributed by atoms with Gasteiger partial charge < -0.3 is 13.9 Å². The fourth-order valence-corrected chi connectivity index (χ4v) is 3.28. The fraction of sp³-hybridized carbons (Fsp3) is 0.263. The molecule has 1 aromatic heterocycles. The van der Waals surface area contributed by atoms with E-state index in [-0.39, 0.29) is 0 Å². The van der Waals surface area contributed by atoms with Crippen molar-refractivity contribution in [2.24, 2.45) is 0 Å². The molecule has 0 amide bonds. The second kappa shape index (κ2) is 7.61. The molecule has 0 fully saturated rings. The predicted octanol–water partition coefficient (Wildman–Crippen LogP) is 4.66. The van der Waals surface area contributed by atoms with Crippen LogP contribution in [0.2, 0.25) is 0 Å². The van der Waals surface area contributed by atoms with Crippen LogP contribution in [0.1, 0.15) is 16.7 Å². The molecule has 0 aliphatic heterocycles. The minimum absolute atomic E-state index is 0.462. The number of hydrogen-bond acceptors (Lipinski definition) is 6. The Labute approximate surface area is 151 Å². The minimum Gasteiger partial charge on any atom is -0.493 e. The molecule has 0 saturated carbocycles. The van der Waals surface area contributed by atoms with Gasteiger partial charge in [-0.25, -0.2) is 0 Å². The number of nitrogens with zero attached hydrogens (tertiary/aromatic N) is 2. The molecule has 0 bridgehead atoms. The first-order valence-electron chi connectivity index (χ1n) is 7.85. The lowest BCUT2D eigenvalue weighted by Gasteiger charge is -2.07. The number of hydrogen-bond donors (Lipinski definition) is 0. The summed E-state index contributed by atoms with van der Waals surface area (Å²) >= 11 is 1.53. The molecule has 0 aliphatic rings. The summed E-state index contributed by atoms with van der Waals surface area (Å²) < 4.78 is 16.3. The summed E-state index contributed by atoms with van der Waals surface area (Å²) in [6, 6.07) is 12.0. The van der Waals surface area contributed by atoms with Gasteiger partial charge in [0.1, 0.15) is 0 Å². The SMILES string of the molecule is COc1ccc(-c2nnc(SCc3cc(C)ccc3C)o2)cc1OC. The summed E-state index contributed by atoms with van der Waals surface area (Å²) in [5.74, 6) is 2.55. The van der Waals surface area contributed by atoms with Gasteiger partial charge in [0.25, 0.3) is 5.22 Å². The molecule has 0 spiro atoms. The van der Waals surface area contributed by atoms with E-state index >= 15 is 0 Å². The quantitative estimate of drug-likeness (QED) is 0.599. The molecule has 25 heavy (non-hydrogen) atoms. The largest absolute Gasteiger partial charge is 0.493 e. The Morgan fingerprint density at radius 3 is 2.52 bits per heavy atom. The first-order chi connectivity index (χ1) is 12.1. The summed E-state index contributed by atoms with van der Waals surface area (Å²) in [4.78, 5) is 0. The zero-order valence-electron chi connectivity index (χ0n) is 14.7. The van der Waals surface area contributed by atoms with Crippen molar-refractivity contribution >= 4 is 11.8 Å². The lowest BCUT2D eigenvalue weighted by atomic mass is 10.1. The Morgan fingerprint density at radius 1 is 0.960 bits per heavy atom. The molecule has 130 valence electrons. The molecule has 2 aromatic carbocycles. The van der Waals surface area contributed by atoms with Crippen LogP contribution in [0.4, 0.5) is 0 Å². The van der Waals surface area contributed by atoms with E-state index in [9.17, 15) is 0 Å². The fourth-order valence-electron chi connectivity index (χ4n) is 2.45. The predicted molar refractivity (Wildman–Crippen MR) is 98.3 cm³/mol. The van der Waals surface area contributed by atoms with Crippen LogP contribution >= 0.6 is 11.8 Å². The molecule has 1 heterocycles. The van der Waals surface area contributed by atoms with Gasteiger partial charge in [-0.1, -0.05) is 35.5 Å². The maximum atomic E-state index is 5.78. The maximum absolute atomic E-state index is 5.78. The van der Waals surface area contributed by atoms with Crippen LogP contribution in [0.5, 0.6) is 11.5 Å². The average Bonchev–Trinajstić information content (AvgIpc) is 3.11. The Balaban J connectivity index is 1.75. The summed E-state index contributed by atoms with van der Waals surface area (Å²) in [7, 11) is 3.20. The number of ether oxygens (including phenoxy) is 2. The molecule has 3 aromatic rings.